The lowest BCUT2D eigenvalue weighted by atomic mass is 9.65. The Balaban J connectivity index is 1.96. The van der Waals surface area contributed by atoms with Crippen LogP contribution in [-0.2, 0) is 4.74 Å². The monoisotopic (exact) mass is 367 g/mol. The molecule has 3 nitrogen and oxygen atoms in total. The molecule has 154 valence electrons. The molecule has 0 aromatic rings. The molecule has 0 bridgehead atoms. The van der Waals surface area contributed by atoms with Gasteiger partial charge in [-0.05, 0) is 76.7 Å². The van der Waals surface area contributed by atoms with Crippen LogP contribution in [0, 0.1) is 11.8 Å². The van der Waals surface area contributed by atoms with Gasteiger partial charge in [0.25, 0.3) is 0 Å². The molecule has 1 aliphatic carbocycles. The number of fused-ring (bicyclic) bond motifs is 1. The maximum Gasteiger partial charge on any atom is 0.0579 e. The summed E-state index contributed by atoms with van der Waals surface area (Å²) in [6.45, 7) is 12.2. The number of ether oxygens (including phenoxy) is 1. The Morgan fingerprint density at radius 3 is 2.54 bits per heavy atom. The Hall–Kier alpha value is -0.120. The number of piperidine rings is 1. The van der Waals surface area contributed by atoms with Gasteiger partial charge in [-0.2, -0.15) is 0 Å². The van der Waals surface area contributed by atoms with Crippen LogP contribution in [0.1, 0.15) is 98.3 Å². The molecule has 0 spiro atoms. The van der Waals surface area contributed by atoms with Gasteiger partial charge in [-0.25, -0.2) is 0 Å². The highest BCUT2D eigenvalue weighted by molar-refractivity contribution is 5.02. The van der Waals surface area contributed by atoms with E-state index in [1.54, 1.807) is 0 Å². The van der Waals surface area contributed by atoms with Gasteiger partial charge >= 0.3 is 0 Å². The van der Waals surface area contributed by atoms with Crippen molar-refractivity contribution < 1.29 is 9.84 Å². The molecule has 5 unspecified atom stereocenters. The van der Waals surface area contributed by atoms with Crippen LogP contribution in [0.4, 0.5) is 0 Å². The van der Waals surface area contributed by atoms with Gasteiger partial charge in [0.15, 0.2) is 0 Å². The lowest BCUT2D eigenvalue weighted by Crippen LogP contribution is -2.62. The van der Waals surface area contributed by atoms with Crippen LogP contribution >= 0.6 is 0 Å². The fourth-order valence-electron chi connectivity index (χ4n) is 5.59. The van der Waals surface area contributed by atoms with Crippen molar-refractivity contribution in [3.8, 4) is 0 Å². The number of unbranched alkanes of at least 4 members (excludes halogenated alkanes) is 4. The van der Waals surface area contributed by atoms with Crippen molar-refractivity contribution in [2.75, 3.05) is 19.8 Å². The highest BCUT2D eigenvalue weighted by Crippen LogP contribution is 2.47. The molecule has 0 aromatic carbocycles. The number of nitrogens with zero attached hydrogens (tertiary/aromatic N) is 1. The van der Waals surface area contributed by atoms with Gasteiger partial charge in [-0.1, -0.05) is 40.0 Å². The standard InChI is InChI=1S/C23H45NO2/c1-5-7-16-26-20-12-13-22-21(17-20)19(3)18-23(4,6-2)24(22)14-10-8-9-11-15-25/h19-22,25H,5-18H2,1-4H3. The molecule has 26 heavy (non-hydrogen) atoms. The highest BCUT2D eigenvalue weighted by Gasteiger charge is 2.48. The van der Waals surface area contributed by atoms with Gasteiger partial charge < -0.3 is 9.84 Å². The van der Waals surface area contributed by atoms with E-state index in [0.717, 1.165) is 30.9 Å². The topological polar surface area (TPSA) is 32.7 Å². The predicted molar refractivity (Wildman–Crippen MR) is 111 cm³/mol. The van der Waals surface area contributed by atoms with Crippen LogP contribution in [0.25, 0.3) is 0 Å². The smallest absolute Gasteiger partial charge is 0.0579 e. The Kier molecular flexibility index (Phi) is 9.40. The number of aliphatic hydroxyl groups excluding tert-OH is 1. The van der Waals surface area contributed by atoms with E-state index in [9.17, 15) is 0 Å². The molecule has 1 saturated carbocycles. The molecule has 1 N–H and O–H groups in total. The van der Waals surface area contributed by atoms with Crippen molar-refractivity contribution in [1.29, 1.82) is 0 Å². The summed E-state index contributed by atoms with van der Waals surface area (Å²) < 4.78 is 6.22. The van der Waals surface area contributed by atoms with Crippen LogP contribution in [0.5, 0.6) is 0 Å². The van der Waals surface area contributed by atoms with Crippen LogP contribution in [0.3, 0.4) is 0 Å². The first kappa shape index (κ1) is 22.2. The van der Waals surface area contributed by atoms with Gasteiger partial charge in [-0.3, -0.25) is 4.90 Å². The fourth-order valence-corrected chi connectivity index (χ4v) is 5.59. The summed E-state index contributed by atoms with van der Waals surface area (Å²) in [6, 6.07) is 0.757. The molecule has 0 aromatic heterocycles. The minimum atomic E-state index is 0.345. The molecule has 5 atom stereocenters. The number of aliphatic hydroxyl groups is 1. The second-order valence-corrected chi connectivity index (χ2v) is 9.25. The van der Waals surface area contributed by atoms with E-state index in [0.29, 0.717) is 18.2 Å². The van der Waals surface area contributed by atoms with Crippen molar-refractivity contribution in [3.63, 3.8) is 0 Å². The Morgan fingerprint density at radius 1 is 1.08 bits per heavy atom. The molecular formula is C23H45NO2. The first-order chi connectivity index (χ1) is 12.6. The van der Waals surface area contributed by atoms with Crippen molar-refractivity contribution in [2.24, 2.45) is 11.8 Å². The molecule has 2 rings (SSSR count). The molecule has 0 radical (unpaired) electrons. The number of likely N-dealkylation sites (tertiary alicyclic amines) is 1. The lowest BCUT2D eigenvalue weighted by molar-refractivity contribution is -0.102. The van der Waals surface area contributed by atoms with Crippen molar-refractivity contribution in [1.82, 2.24) is 4.90 Å². The zero-order chi connectivity index (χ0) is 19.0. The lowest BCUT2D eigenvalue weighted by Gasteiger charge is -2.58. The Labute approximate surface area is 162 Å². The predicted octanol–water partition coefficient (Wildman–Crippen LogP) is 5.40. The van der Waals surface area contributed by atoms with E-state index in [1.807, 2.05) is 0 Å². The zero-order valence-corrected chi connectivity index (χ0v) is 18.0. The largest absolute Gasteiger partial charge is 0.396 e. The molecule has 2 fully saturated rings. The van der Waals surface area contributed by atoms with Crippen molar-refractivity contribution in [2.45, 2.75) is 116 Å². The summed E-state index contributed by atoms with van der Waals surface area (Å²) in [5.74, 6) is 1.63. The van der Waals surface area contributed by atoms with Gasteiger partial charge in [0, 0.05) is 24.8 Å². The fraction of sp³-hybridized carbons (Fsp3) is 1.00. The van der Waals surface area contributed by atoms with Crippen LogP contribution in [0.2, 0.25) is 0 Å². The highest BCUT2D eigenvalue weighted by atomic mass is 16.5. The zero-order valence-electron chi connectivity index (χ0n) is 18.0. The first-order valence-electron chi connectivity index (χ1n) is 11.5. The molecule has 2 aliphatic rings. The molecule has 3 heteroatoms. The summed E-state index contributed by atoms with van der Waals surface area (Å²) in [5.41, 5.74) is 0.369. The van der Waals surface area contributed by atoms with E-state index in [1.165, 1.54) is 70.8 Å². The maximum absolute atomic E-state index is 9.00. The van der Waals surface area contributed by atoms with Crippen LogP contribution in [0.15, 0.2) is 0 Å². The molecule has 1 heterocycles. The summed E-state index contributed by atoms with van der Waals surface area (Å²) >= 11 is 0. The van der Waals surface area contributed by atoms with E-state index >= 15 is 0 Å². The number of hydrogen-bond donors (Lipinski definition) is 1. The number of rotatable bonds is 11. The minimum Gasteiger partial charge on any atom is -0.396 e. The molecule has 1 saturated heterocycles. The van der Waals surface area contributed by atoms with E-state index in [-0.39, 0.29) is 0 Å². The SMILES string of the molecule is CCCCOC1CCC2C(C1)C(C)CC(C)(CC)N2CCCCCCO. The first-order valence-corrected chi connectivity index (χ1v) is 11.5. The quantitative estimate of drug-likeness (QED) is 0.496. The third-order valence-electron chi connectivity index (χ3n) is 7.32. The van der Waals surface area contributed by atoms with Gasteiger partial charge in [0.1, 0.15) is 0 Å². The second-order valence-electron chi connectivity index (χ2n) is 9.25. The van der Waals surface area contributed by atoms with Crippen LogP contribution < -0.4 is 0 Å². The van der Waals surface area contributed by atoms with Crippen molar-refractivity contribution >= 4 is 0 Å². The van der Waals surface area contributed by atoms with Crippen LogP contribution in [-0.4, -0.2) is 47.4 Å². The van der Waals surface area contributed by atoms with E-state index < -0.39 is 0 Å². The summed E-state index contributed by atoms with van der Waals surface area (Å²) in [5, 5.41) is 9.00. The Bertz CT molecular complexity index is 388. The van der Waals surface area contributed by atoms with E-state index in [2.05, 4.69) is 32.6 Å². The Morgan fingerprint density at radius 2 is 1.85 bits per heavy atom. The summed E-state index contributed by atoms with van der Waals surface area (Å²) in [7, 11) is 0. The molecule has 0 amide bonds. The summed E-state index contributed by atoms with van der Waals surface area (Å²) in [6.07, 6.45) is 14.0. The third kappa shape index (κ3) is 5.69. The minimum absolute atomic E-state index is 0.345. The maximum atomic E-state index is 9.00. The normalized spacial score (nSPS) is 35.4. The van der Waals surface area contributed by atoms with E-state index in [4.69, 9.17) is 9.84 Å². The van der Waals surface area contributed by atoms with Gasteiger partial charge in [-0.15, -0.1) is 0 Å². The average molecular weight is 368 g/mol. The molecule has 1 aliphatic heterocycles. The van der Waals surface area contributed by atoms with Gasteiger partial charge in [0.2, 0.25) is 0 Å². The third-order valence-corrected chi connectivity index (χ3v) is 7.32. The van der Waals surface area contributed by atoms with Gasteiger partial charge in [0.05, 0.1) is 6.10 Å². The van der Waals surface area contributed by atoms with Crippen molar-refractivity contribution in [3.05, 3.63) is 0 Å². The molecular weight excluding hydrogens is 322 g/mol. The number of hydrogen-bond acceptors (Lipinski definition) is 3. The second kappa shape index (κ2) is 11.0. The summed E-state index contributed by atoms with van der Waals surface area (Å²) in [4.78, 5) is 2.90. The average Bonchev–Trinajstić information content (AvgIpc) is 2.64.